The van der Waals surface area contributed by atoms with Crippen molar-refractivity contribution in [3.05, 3.63) is 35.1 Å². The molecule has 1 aromatic rings. The lowest BCUT2D eigenvalue weighted by atomic mass is 10.0. The molecule has 0 fully saturated rings. The van der Waals surface area contributed by atoms with Crippen molar-refractivity contribution in [2.45, 2.75) is 18.7 Å². The molecule has 16 heavy (non-hydrogen) atoms. The smallest absolute Gasteiger partial charge is 0.391 e. The van der Waals surface area contributed by atoms with E-state index >= 15 is 0 Å². The Morgan fingerprint density at radius 1 is 1.25 bits per heavy atom. The summed E-state index contributed by atoms with van der Waals surface area (Å²) in [6.07, 6.45) is -5.66. The summed E-state index contributed by atoms with van der Waals surface area (Å²) in [5.74, 6) is -0.978. The van der Waals surface area contributed by atoms with Crippen molar-refractivity contribution >= 4 is 0 Å². The summed E-state index contributed by atoms with van der Waals surface area (Å²) < 4.78 is 49.8. The zero-order valence-corrected chi connectivity index (χ0v) is 8.26. The van der Waals surface area contributed by atoms with Crippen LogP contribution in [0.3, 0.4) is 0 Å². The van der Waals surface area contributed by atoms with Gasteiger partial charge in [0.1, 0.15) is 5.82 Å². The van der Waals surface area contributed by atoms with Crippen LogP contribution >= 0.6 is 0 Å². The van der Waals surface area contributed by atoms with E-state index in [2.05, 4.69) is 0 Å². The van der Waals surface area contributed by atoms with Crippen LogP contribution in [-0.4, -0.2) is 17.8 Å². The second kappa shape index (κ2) is 4.80. The predicted octanol–water partition coefficient (Wildman–Crippen LogP) is 1.71. The highest BCUT2D eigenvalue weighted by Gasteiger charge is 2.31. The third kappa shape index (κ3) is 3.46. The first-order valence-electron chi connectivity index (χ1n) is 4.57. The van der Waals surface area contributed by atoms with Gasteiger partial charge in [-0.05, 0) is 30.2 Å². The van der Waals surface area contributed by atoms with E-state index in [0.717, 1.165) is 12.1 Å². The molecule has 0 spiro atoms. The van der Waals surface area contributed by atoms with E-state index in [1.54, 1.807) is 0 Å². The summed E-state index contributed by atoms with van der Waals surface area (Å²) in [5.41, 5.74) is 4.13. The Bertz CT molecular complexity index is 364. The lowest BCUT2D eigenvalue weighted by molar-refractivity contribution is -0.137. The number of aliphatic hydroxyl groups is 1. The molecule has 0 aliphatic heterocycles. The molecule has 3 N–H and O–H groups in total. The van der Waals surface area contributed by atoms with E-state index in [9.17, 15) is 17.6 Å². The van der Waals surface area contributed by atoms with Gasteiger partial charge in [-0.15, -0.1) is 0 Å². The molecule has 0 heterocycles. The van der Waals surface area contributed by atoms with Gasteiger partial charge in [-0.2, -0.15) is 13.2 Å². The van der Waals surface area contributed by atoms with Gasteiger partial charge in [0, 0.05) is 6.54 Å². The lowest BCUT2D eigenvalue weighted by Gasteiger charge is -2.11. The molecule has 1 aromatic carbocycles. The van der Waals surface area contributed by atoms with Crippen molar-refractivity contribution in [1.82, 2.24) is 0 Å². The molecular weight excluding hydrogens is 226 g/mol. The van der Waals surface area contributed by atoms with Gasteiger partial charge in [0.15, 0.2) is 0 Å². The van der Waals surface area contributed by atoms with E-state index in [0.29, 0.717) is 6.07 Å². The molecule has 0 amide bonds. The van der Waals surface area contributed by atoms with Gasteiger partial charge in [0.05, 0.1) is 11.7 Å². The third-order valence-electron chi connectivity index (χ3n) is 2.03. The number of aliphatic hydroxyl groups excluding tert-OH is 1. The molecule has 2 nitrogen and oxygen atoms in total. The Balaban J connectivity index is 2.99. The van der Waals surface area contributed by atoms with Gasteiger partial charge >= 0.3 is 6.18 Å². The molecule has 90 valence electrons. The van der Waals surface area contributed by atoms with Gasteiger partial charge in [-0.3, -0.25) is 0 Å². The van der Waals surface area contributed by atoms with Gasteiger partial charge < -0.3 is 10.8 Å². The van der Waals surface area contributed by atoms with Crippen molar-refractivity contribution < 1.29 is 22.7 Å². The minimum Gasteiger partial charge on any atom is -0.391 e. The molecule has 1 unspecified atom stereocenters. The fourth-order valence-electron chi connectivity index (χ4n) is 1.29. The zero-order valence-electron chi connectivity index (χ0n) is 8.26. The zero-order chi connectivity index (χ0) is 12.3. The number of benzene rings is 1. The summed E-state index contributed by atoms with van der Waals surface area (Å²) in [6, 6.07) is 2.18. The second-order valence-electron chi connectivity index (χ2n) is 3.44. The van der Waals surface area contributed by atoms with Crippen LogP contribution < -0.4 is 5.73 Å². The van der Waals surface area contributed by atoms with Crippen LogP contribution in [0.5, 0.6) is 0 Å². The number of hydrogen-bond donors (Lipinski definition) is 2. The maximum absolute atomic E-state index is 12.9. The molecule has 0 aliphatic carbocycles. The van der Waals surface area contributed by atoms with Crippen LogP contribution in [0.1, 0.15) is 11.1 Å². The minimum absolute atomic E-state index is 0.0743. The molecule has 0 saturated carbocycles. The Labute approximate surface area is 89.7 Å². The van der Waals surface area contributed by atoms with Gasteiger partial charge in [-0.1, -0.05) is 0 Å². The number of hydrogen-bond acceptors (Lipinski definition) is 2. The Morgan fingerprint density at radius 3 is 2.38 bits per heavy atom. The standard InChI is InChI=1S/C10H11F4NO/c11-8-2-6(3-9(16)5-15)1-7(4-8)10(12,13)14/h1-2,4,9,16H,3,5,15H2. The summed E-state index contributed by atoms with van der Waals surface area (Å²) in [5, 5.41) is 9.17. The number of halogens is 4. The van der Waals surface area contributed by atoms with Crippen LogP contribution in [0.25, 0.3) is 0 Å². The number of rotatable bonds is 3. The summed E-state index contributed by atoms with van der Waals surface area (Å²) >= 11 is 0. The molecule has 0 radical (unpaired) electrons. The highest BCUT2D eigenvalue weighted by Crippen LogP contribution is 2.30. The monoisotopic (exact) mass is 237 g/mol. The first-order chi connectivity index (χ1) is 7.32. The van der Waals surface area contributed by atoms with Crippen LogP contribution in [0.2, 0.25) is 0 Å². The van der Waals surface area contributed by atoms with Crippen molar-refractivity contribution in [1.29, 1.82) is 0 Å². The molecular formula is C10H11F4NO. The van der Waals surface area contributed by atoms with Crippen LogP contribution in [0.4, 0.5) is 17.6 Å². The first-order valence-corrected chi connectivity index (χ1v) is 4.57. The average Bonchev–Trinajstić information content (AvgIpc) is 2.15. The lowest BCUT2D eigenvalue weighted by Crippen LogP contribution is -2.22. The number of nitrogens with two attached hydrogens (primary N) is 1. The Hall–Kier alpha value is -1.14. The highest BCUT2D eigenvalue weighted by molar-refractivity contribution is 5.27. The molecule has 1 atom stereocenters. The van der Waals surface area contributed by atoms with E-state index in [-0.39, 0.29) is 18.5 Å². The van der Waals surface area contributed by atoms with E-state index in [1.165, 1.54) is 0 Å². The normalized spacial score (nSPS) is 13.9. The van der Waals surface area contributed by atoms with Gasteiger partial charge in [0.25, 0.3) is 0 Å². The van der Waals surface area contributed by atoms with Gasteiger partial charge in [-0.25, -0.2) is 4.39 Å². The number of alkyl halides is 3. The van der Waals surface area contributed by atoms with E-state index < -0.39 is 23.7 Å². The maximum atomic E-state index is 12.9. The molecule has 0 aromatic heterocycles. The van der Waals surface area contributed by atoms with Crippen LogP contribution in [0, 0.1) is 5.82 Å². The third-order valence-corrected chi connectivity index (χ3v) is 2.03. The molecule has 1 rings (SSSR count). The second-order valence-corrected chi connectivity index (χ2v) is 3.44. The molecule has 0 bridgehead atoms. The molecule has 0 aliphatic rings. The van der Waals surface area contributed by atoms with Crippen LogP contribution in [-0.2, 0) is 12.6 Å². The maximum Gasteiger partial charge on any atom is 0.416 e. The fraction of sp³-hybridized carbons (Fsp3) is 0.400. The van der Waals surface area contributed by atoms with Crippen molar-refractivity contribution in [3.8, 4) is 0 Å². The van der Waals surface area contributed by atoms with Gasteiger partial charge in [0.2, 0.25) is 0 Å². The predicted molar refractivity (Wildman–Crippen MR) is 50.2 cm³/mol. The van der Waals surface area contributed by atoms with Crippen molar-refractivity contribution in [3.63, 3.8) is 0 Å². The van der Waals surface area contributed by atoms with Crippen molar-refractivity contribution in [2.75, 3.05) is 6.54 Å². The topological polar surface area (TPSA) is 46.2 Å². The molecule has 0 saturated heterocycles. The molecule has 6 heteroatoms. The van der Waals surface area contributed by atoms with Crippen molar-refractivity contribution in [2.24, 2.45) is 5.73 Å². The largest absolute Gasteiger partial charge is 0.416 e. The minimum atomic E-state index is -4.59. The average molecular weight is 237 g/mol. The summed E-state index contributed by atoms with van der Waals surface area (Å²) in [7, 11) is 0. The Morgan fingerprint density at radius 2 is 1.88 bits per heavy atom. The first kappa shape index (κ1) is 12.9. The summed E-state index contributed by atoms with van der Waals surface area (Å²) in [6.45, 7) is -0.0855. The fourth-order valence-corrected chi connectivity index (χ4v) is 1.29. The summed E-state index contributed by atoms with van der Waals surface area (Å²) in [4.78, 5) is 0. The quantitative estimate of drug-likeness (QED) is 0.786. The van der Waals surface area contributed by atoms with E-state index in [1.807, 2.05) is 0 Å². The highest BCUT2D eigenvalue weighted by atomic mass is 19.4. The van der Waals surface area contributed by atoms with E-state index in [4.69, 9.17) is 10.8 Å². The SMILES string of the molecule is NCC(O)Cc1cc(F)cc(C(F)(F)F)c1. The van der Waals surface area contributed by atoms with Crippen LogP contribution in [0.15, 0.2) is 18.2 Å². The Kier molecular flexibility index (Phi) is 3.88.